The summed E-state index contributed by atoms with van der Waals surface area (Å²) in [6.07, 6.45) is 2.44. The summed E-state index contributed by atoms with van der Waals surface area (Å²) >= 11 is 3.39. The van der Waals surface area contributed by atoms with E-state index in [1.807, 2.05) is 38.4 Å². The summed E-state index contributed by atoms with van der Waals surface area (Å²) in [5, 5.41) is 3.15. The highest BCUT2D eigenvalue weighted by Gasteiger charge is 2.13. The molecule has 0 aliphatic carbocycles. The van der Waals surface area contributed by atoms with Gasteiger partial charge in [0.05, 0.1) is 6.61 Å². The van der Waals surface area contributed by atoms with E-state index >= 15 is 0 Å². The lowest BCUT2D eigenvalue weighted by Gasteiger charge is -2.12. The van der Waals surface area contributed by atoms with Crippen LogP contribution in [0.15, 0.2) is 47.1 Å². The molecule has 2 aromatic rings. The number of benzene rings is 1. The molecule has 2 rings (SSSR count). The van der Waals surface area contributed by atoms with Crippen molar-refractivity contribution in [3.8, 4) is 0 Å². The van der Waals surface area contributed by atoms with Crippen LogP contribution in [0.4, 0.5) is 11.5 Å². The number of hydrogen-bond acceptors (Lipinski definition) is 5. The minimum atomic E-state index is -0.364. The molecule has 0 amide bonds. The molecule has 0 saturated heterocycles. The van der Waals surface area contributed by atoms with Crippen molar-refractivity contribution in [3.05, 3.63) is 52.6 Å². The molecule has 24 heavy (non-hydrogen) atoms. The van der Waals surface area contributed by atoms with Crippen molar-refractivity contribution in [3.63, 3.8) is 0 Å². The molecule has 1 heterocycles. The number of carbonyl (C=O) groups is 1. The van der Waals surface area contributed by atoms with Crippen molar-refractivity contribution >= 4 is 45.8 Å². The Morgan fingerprint density at radius 2 is 1.96 bits per heavy atom. The second-order valence-electron chi connectivity index (χ2n) is 5.32. The molecule has 0 radical (unpaired) electrons. The smallest absolute Gasteiger partial charge is 0.341 e. The number of hydrogen-bond donors (Lipinski definition) is 1. The lowest BCUT2D eigenvalue weighted by Crippen LogP contribution is -2.16. The highest BCUT2D eigenvalue weighted by molar-refractivity contribution is 9.10. The van der Waals surface area contributed by atoms with Gasteiger partial charge in [0.2, 0.25) is 0 Å². The topological polar surface area (TPSA) is 54.5 Å². The number of nitrogens with one attached hydrogen (secondary N) is 1. The van der Waals surface area contributed by atoms with Crippen molar-refractivity contribution in [1.29, 1.82) is 0 Å². The molecule has 0 atom stereocenters. The van der Waals surface area contributed by atoms with Crippen LogP contribution >= 0.6 is 28.3 Å². The van der Waals surface area contributed by atoms with Gasteiger partial charge in [0.25, 0.3) is 0 Å². The Labute approximate surface area is 157 Å². The van der Waals surface area contributed by atoms with Crippen molar-refractivity contribution < 1.29 is 9.53 Å². The van der Waals surface area contributed by atoms with Crippen molar-refractivity contribution in [2.45, 2.75) is 6.42 Å². The molecule has 7 heteroatoms. The Balaban J connectivity index is 0.00000288. The van der Waals surface area contributed by atoms with E-state index in [-0.39, 0.29) is 18.4 Å². The number of nitrogens with zero attached hydrogens (tertiary/aromatic N) is 2. The average molecular weight is 415 g/mol. The van der Waals surface area contributed by atoms with E-state index in [4.69, 9.17) is 4.74 Å². The number of aromatic nitrogens is 1. The quantitative estimate of drug-likeness (QED) is 0.545. The minimum Gasteiger partial charge on any atom is -0.462 e. The largest absolute Gasteiger partial charge is 0.462 e. The molecule has 1 N–H and O–H groups in total. The van der Waals surface area contributed by atoms with Crippen LogP contribution < -0.4 is 5.32 Å². The Kier molecular flexibility index (Phi) is 8.74. The molecular formula is C17H21BrClN3O2. The van der Waals surface area contributed by atoms with E-state index in [2.05, 4.69) is 31.1 Å². The van der Waals surface area contributed by atoms with Gasteiger partial charge in [-0.3, -0.25) is 0 Å². The zero-order chi connectivity index (χ0) is 16.7. The van der Waals surface area contributed by atoms with Crippen LogP contribution in [0.3, 0.4) is 0 Å². The molecule has 5 nitrogen and oxygen atoms in total. The molecule has 1 aromatic heterocycles. The lowest BCUT2D eigenvalue weighted by molar-refractivity contribution is 0.0494. The predicted octanol–water partition coefficient (Wildman–Crippen LogP) is 4.12. The molecule has 0 fully saturated rings. The van der Waals surface area contributed by atoms with Gasteiger partial charge in [0.15, 0.2) is 0 Å². The Morgan fingerprint density at radius 1 is 1.25 bits per heavy atom. The number of esters is 1. The molecular weight excluding hydrogens is 394 g/mol. The normalized spacial score (nSPS) is 10.2. The maximum Gasteiger partial charge on any atom is 0.341 e. The maximum absolute atomic E-state index is 12.2. The summed E-state index contributed by atoms with van der Waals surface area (Å²) in [7, 11) is 3.98. The van der Waals surface area contributed by atoms with Crippen LogP contribution in [-0.4, -0.2) is 43.1 Å². The van der Waals surface area contributed by atoms with Gasteiger partial charge in [-0.15, -0.1) is 12.4 Å². The second-order valence-corrected chi connectivity index (χ2v) is 6.24. The molecule has 0 aliphatic heterocycles. The van der Waals surface area contributed by atoms with Crippen LogP contribution in [0.25, 0.3) is 0 Å². The zero-order valence-electron chi connectivity index (χ0n) is 13.7. The monoisotopic (exact) mass is 413 g/mol. The van der Waals surface area contributed by atoms with Gasteiger partial charge >= 0.3 is 5.97 Å². The van der Waals surface area contributed by atoms with Gasteiger partial charge in [-0.25, -0.2) is 9.78 Å². The van der Waals surface area contributed by atoms with Gasteiger partial charge in [0, 0.05) is 22.9 Å². The summed E-state index contributed by atoms with van der Waals surface area (Å²) in [5.41, 5.74) is 1.29. The molecule has 1 aromatic carbocycles. The van der Waals surface area contributed by atoms with Crippen molar-refractivity contribution in [2.24, 2.45) is 0 Å². The van der Waals surface area contributed by atoms with Gasteiger partial charge in [-0.2, -0.15) is 0 Å². The van der Waals surface area contributed by atoms with Crippen LogP contribution in [0.2, 0.25) is 0 Å². The van der Waals surface area contributed by atoms with Crippen LogP contribution in [0, 0.1) is 0 Å². The number of carbonyl (C=O) groups excluding carboxylic acids is 1. The van der Waals surface area contributed by atoms with Crippen LogP contribution in [-0.2, 0) is 4.74 Å². The molecule has 130 valence electrons. The standard InChI is InChI=1S/C17H20BrN3O2.ClH/c1-21(2)11-4-12-23-17(22)15-5-3-10-19-16(15)20-14-8-6-13(18)7-9-14;/h3,5-10H,4,11-12H2,1-2H3,(H,19,20);1H. The van der Waals surface area contributed by atoms with E-state index in [0.29, 0.717) is 18.0 Å². The SMILES string of the molecule is CN(C)CCCOC(=O)c1cccnc1Nc1ccc(Br)cc1.Cl. The third-order valence-corrected chi connectivity index (χ3v) is 3.65. The number of ether oxygens (including phenoxy) is 1. The van der Waals surface area contributed by atoms with Crippen LogP contribution in [0.5, 0.6) is 0 Å². The first kappa shape index (κ1) is 20.4. The second kappa shape index (κ2) is 10.3. The van der Waals surface area contributed by atoms with Crippen molar-refractivity contribution in [2.75, 3.05) is 32.6 Å². The molecule has 0 spiro atoms. The average Bonchev–Trinajstić information content (AvgIpc) is 2.54. The first-order valence-electron chi connectivity index (χ1n) is 7.36. The van der Waals surface area contributed by atoms with E-state index in [1.165, 1.54) is 0 Å². The van der Waals surface area contributed by atoms with Gasteiger partial charge in [-0.05, 0) is 56.9 Å². The summed E-state index contributed by atoms with van der Waals surface area (Å²) in [6, 6.07) is 11.1. The van der Waals surface area contributed by atoms with E-state index in [1.54, 1.807) is 18.3 Å². The lowest BCUT2D eigenvalue weighted by atomic mass is 10.2. The summed E-state index contributed by atoms with van der Waals surface area (Å²) in [5.74, 6) is 0.129. The fourth-order valence-electron chi connectivity index (χ4n) is 1.96. The maximum atomic E-state index is 12.2. The van der Waals surface area contributed by atoms with Crippen molar-refractivity contribution in [1.82, 2.24) is 9.88 Å². The third-order valence-electron chi connectivity index (χ3n) is 3.12. The van der Waals surface area contributed by atoms with E-state index in [0.717, 1.165) is 23.1 Å². The first-order valence-corrected chi connectivity index (χ1v) is 8.15. The van der Waals surface area contributed by atoms with Crippen LogP contribution in [0.1, 0.15) is 16.8 Å². The molecule has 0 bridgehead atoms. The predicted molar refractivity (Wildman–Crippen MR) is 102 cm³/mol. The molecule has 0 unspecified atom stereocenters. The van der Waals surface area contributed by atoms with E-state index in [9.17, 15) is 4.79 Å². The Morgan fingerprint density at radius 3 is 2.62 bits per heavy atom. The van der Waals surface area contributed by atoms with Gasteiger partial charge < -0.3 is 15.0 Å². The highest BCUT2D eigenvalue weighted by atomic mass is 79.9. The minimum absolute atomic E-state index is 0. The van der Waals surface area contributed by atoms with E-state index < -0.39 is 0 Å². The fourth-order valence-corrected chi connectivity index (χ4v) is 2.23. The highest BCUT2D eigenvalue weighted by Crippen LogP contribution is 2.21. The molecule has 0 aliphatic rings. The summed E-state index contributed by atoms with van der Waals surface area (Å²) in [6.45, 7) is 1.27. The van der Waals surface area contributed by atoms with Gasteiger partial charge in [0.1, 0.15) is 11.4 Å². The summed E-state index contributed by atoms with van der Waals surface area (Å²) < 4.78 is 6.31. The number of halogens is 2. The summed E-state index contributed by atoms with van der Waals surface area (Å²) in [4.78, 5) is 18.5. The first-order chi connectivity index (χ1) is 11.1. The van der Waals surface area contributed by atoms with Gasteiger partial charge in [-0.1, -0.05) is 15.9 Å². The zero-order valence-corrected chi connectivity index (χ0v) is 16.1. The Hall–Kier alpha value is -1.63. The number of pyridine rings is 1. The molecule has 0 saturated carbocycles. The third kappa shape index (κ3) is 6.47. The fraction of sp³-hybridized carbons (Fsp3) is 0.294. The number of rotatable bonds is 7. The number of anilines is 2. The Bertz CT molecular complexity index is 651.